The van der Waals surface area contributed by atoms with Gasteiger partial charge in [-0.05, 0) is 188 Å². The van der Waals surface area contributed by atoms with Gasteiger partial charge in [0.05, 0.1) is 11.4 Å². The maximum atomic E-state index is 5.97. The van der Waals surface area contributed by atoms with E-state index in [1.807, 2.05) is 0 Å². The number of benzene rings is 7. The van der Waals surface area contributed by atoms with E-state index in [9.17, 15) is 0 Å². The Morgan fingerprint density at radius 2 is 0.530 bits per heavy atom. The maximum absolute atomic E-state index is 5.97. The van der Waals surface area contributed by atoms with Crippen LogP contribution in [0.1, 0.15) is 211 Å². The smallest absolute Gasteiger partial charge is 0.252 e. The van der Waals surface area contributed by atoms with Crippen LogP contribution < -0.4 is 26.2 Å². The van der Waals surface area contributed by atoms with Crippen molar-refractivity contribution in [3.05, 3.63) is 190 Å². The molecule has 3 nitrogen and oxygen atoms in total. The second kappa shape index (κ2) is 20.0. The van der Waals surface area contributed by atoms with Crippen molar-refractivity contribution in [3.8, 4) is 33.6 Å². The molecule has 83 heavy (non-hydrogen) atoms. The molecule has 430 valence electrons. The van der Waals surface area contributed by atoms with Gasteiger partial charge in [-0.15, -0.1) is 0 Å². The quantitative estimate of drug-likeness (QED) is 0.160. The van der Waals surface area contributed by atoms with E-state index in [4.69, 9.17) is 4.98 Å². The summed E-state index contributed by atoms with van der Waals surface area (Å²) >= 11 is 0. The van der Waals surface area contributed by atoms with Crippen molar-refractivity contribution in [2.75, 3.05) is 9.80 Å². The van der Waals surface area contributed by atoms with Crippen LogP contribution in [0, 0.1) is 0 Å². The molecular formula is C79H96BN3. The number of hydrogen-bond acceptors (Lipinski definition) is 3. The van der Waals surface area contributed by atoms with Crippen LogP contribution in [-0.2, 0) is 43.3 Å². The second-order valence-electron chi connectivity index (χ2n) is 32.9. The zero-order valence-corrected chi connectivity index (χ0v) is 55.3. The van der Waals surface area contributed by atoms with Crippen molar-refractivity contribution in [1.29, 1.82) is 0 Å². The number of fused-ring (bicyclic) bond motifs is 4. The zero-order valence-electron chi connectivity index (χ0n) is 55.3. The first-order valence-electron chi connectivity index (χ1n) is 30.8. The minimum atomic E-state index is -0.0821. The highest BCUT2D eigenvalue weighted by Crippen LogP contribution is 2.49. The normalized spacial score (nSPS) is 14.2. The molecule has 0 N–H and O–H groups in total. The molecule has 7 aromatic carbocycles. The summed E-state index contributed by atoms with van der Waals surface area (Å²) in [7, 11) is 0. The highest BCUT2D eigenvalue weighted by molar-refractivity contribution is 7.00. The molecule has 0 spiro atoms. The zero-order chi connectivity index (χ0) is 60.7. The number of anilines is 6. The van der Waals surface area contributed by atoms with E-state index in [1.165, 1.54) is 89.2 Å². The summed E-state index contributed by atoms with van der Waals surface area (Å²) in [5, 5.41) is 0. The van der Waals surface area contributed by atoms with Crippen LogP contribution in [-0.4, -0.2) is 11.7 Å². The largest absolute Gasteiger partial charge is 0.311 e. The highest BCUT2D eigenvalue weighted by Gasteiger charge is 2.45. The molecule has 8 aromatic rings. The Kier molecular flexibility index (Phi) is 14.3. The SMILES string of the molecule is CC(C)(C)c1ccc(N2c3cc(C(C)(C)C)ccc3B3c4ccc(C(C)(C)C)cc4N(c4ccc(C(C)(C)C)cc4)c4cc(-c5cc(-c6cc(C(C)(C)C)cc(C(C)(C)C)c6)cc(-c6cc(C(C)(C)C)cc(C(C)(C)C)c6)n5)cc2c43)cc1. The van der Waals surface area contributed by atoms with Gasteiger partial charge in [0.15, 0.2) is 0 Å². The predicted octanol–water partition coefficient (Wildman–Crippen LogP) is 20.5. The summed E-state index contributed by atoms with van der Waals surface area (Å²) in [6, 6.07) is 58.0. The lowest BCUT2D eigenvalue weighted by atomic mass is 9.33. The molecule has 2 aliphatic rings. The average molecular weight is 1100 g/mol. The summed E-state index contributed by atoms with van der Waals surface area (Å²) in [4.78, 5) is 11.2. The van der Waals surface area contributed by atoms with Gasteiger partial charge in [0, 0.05) is 45.3 Å². The molecule has 0 unspecified atom stereocenters. The molecule has 0 radical (unpaired) electrons. The van der Waals surface area contributed by atoms with Crippen molar-refractivity contribution in [3.63, 3.8) is 0 Å². The molecule has 3 heterocycles. The van der Waals surface area contributed by atoms with Gasteiger partial charge in [-0.1, -0.05) is 239 Å². The maximum Gasteiger partial charge on any atom is 0.252 e. The Labute approximate surface area is 502 Å². The van der Waals surface area contributed by atoms with Gasteiger partial charge in [0.25, 0.3) is 6.71 Å². The number of rotatable bonds is 5. The lowest BCUT2D eigenvalue weighted by Crippen LogP contribution is -2.61. The summed E-state index contributed by atoms with van der Waals surface area (Å²) in [6.07, 6.45) is 0. The minimum absolute atomic E-state index is 0.00490. The standard InChI is InChI=1S/C79H96BN3/c1-72(2,3)53-25-31-61(32-26-53)82-67-47-55(74(7,8)9)29-35-63(67)80-64-36-30-56(75(10,11)12)48-68(64)83(62-33-27-54(28-34-62)73(4,5)6)70-44-52(43-69(82)71(70)80)66-42-50(49-37-57(76(13,14)15)45-58(38-49)77(16,17)18)41-65(81-66)51-39-59(78(19,20)21)46-60(40-51)79(22,23)24/h25-48H,1-24H3. The molecule has 10 rings (SSSR count). The Morgan fingerprint density at radius 1 is 0.253 bits per heavy atom. The minimum Gasteiger partial charge on any atom is -0.311 e. The van der Waals surface area contributed by atoms with E-state index in [-0.39, 0.29) is 50.0 Å². The molecular weight excluding hydrogens is 1000 g/mol. The van der Waals surface area contributed by atoms with Crippen molar-refractivity contribution < 1.29 is 0 Å². The summed E-state index contributed by atoms with van der Waals surface area (Å²) < 4.78 is 0. The molecule has 0 atom stereocenters. The van der Waals surface area contributed by atoms with Crippen LogP contribution in [0.4, 0.5) is 34.1 Å². The Morgan fingerprint density at radius 3 is 0.843 bits per heavy atom. The fraction of sp³-hybridized carbons (Fsp3) is 0.405. The van der Waals surface area contributed by atoms with E-state index in [0.29, 0.717) is 0 Å². The number of aromatic nitrogens is 1. The number of pyridine rings is 1. The highest BCUT2D eigenvalue weighted by atomic mass is 15.2. The summed E-state index contributed by atoms with van der Waals surface area (Å²) in [5.41, 5.74) is 27.6. The van der Waals surface area contributed by atoms with E-state index in [1.54, 1.807) is 0 Å². The third-order valence-corrected chi connectivity index (χ3v) is 17.9. The van der Waals surface area contributed by atoms with Crippen LogP contribution in [0.5, 0.6) is 0 Å². The molecule has 0 bridgehead atoms. The Bertz CT molecular complexity index is 3490. The third kappa shape index (κ3) is 11.6. The van der Waals surface area contributed by atoms with Gasteiger partial charge in [0.1, 0.15) is 0 Å². The number of hydrogen-bond donors (Lipinski definition) is 0. The fourth-order valence-corrected chi connectivity index (χ4v) is 12.1. The van der Waals surface area contributed by atoms with Crippen LogP contribution in [0.25, 0.3) is 33.6 Å². The molecule has 4 heteroatoms. The number of nitrogens with zero attached hydrogens (tertiary/aromatic N) is 3. The fourth-order valence-electron chi connectivity index (χ4n) is 12.1. The van der Waals surface area contributed by atoms with E-state index in [2.05, 4.69) is 322 Å². The monoisotopic (exact) mass is 1100 g/mol. The molecule has 0 aliphatic carbocycles. The van der Waals surface area contributed by atoms with Crippen molar-refractivity contribution in [2.45, 2.75) is 209 Å². The van der Waals surface area contributed by atoms with Gasteiger partial charge >= 0.3 is 0 Å². The van der Waals surface area contributed by atoms with Crippen molar-refractivity contribution >= 4 is 57.2 Å². The van der Waals surface area contributed by atoms with Crippen molar-refractivity contribution in [2.24, 2.45) is 0 Å². The molecule has 0 amide bonds. The summed E-state index contributed by atoms with van der Waals surface area (Å²) in [6.45, 7) is 56.0. The summed E-state index contributed by atoms with van der Waals surface area (Å²) in [5.74, 6) is 0. The molecule has 0 fully saturated rings. The van der Waals surface area contributed by atoms with Gasteiger partial charge in [-0.3, -0.25) is 0 Å². The van der Waals surface area contributed by atoms with Crippen molar-refractivity contribution in [1.82, 2.24) is 4.98 Å². The van der Waals surface area contributed by atoms with Gasteiger partial charge in [-0.25, -0.2) is 4.98 Å². The van der Waals surface area contributed by atoms with Crippen LogP contribution >= 0.6 is 0 Å². The van der Waals surface area contributed by atoms with Crippen LogP contribution in [0.2, 0.25) is 0 Å². The molecule has 0 saturated heterocycles. The van der Waals surface area contributed by atoms with E-state index in [0.717, 1.165) is 39.5 Å². The molecule has 0 saturated carbocycles. The first-order chi connectivity index (χ1) is 38.2. The van der Waals surface area contributed by atoms with Gasteiger partial charge in [-0.2, -0.15) is 0 Å². The average Bonchev–Trinajstić information content (AvgIpc) is 0.815. The topological polar surface area (TPSA) is 19.4 Å². The first-order valence-corrected chi connectivity index (χ1v) is 30.8. The molecule has 1 aromatic heterocycles. The lowest BCUT2D eigenvalue weighted by Gasteiger charge is -2.45. The Balaban J connectivity index is 1.38. The third-order valence-electron chi connectivity index (χ3n) is 17.9. The van der Waals surface area contributed by atoms with Gasteiger partial charge < -0.3 is 9.80 Å². The second-order valence-corrected chi connectivity index (χ2v) is 32.9. The first kappa shape index (κ1) is 59.5. The van der Waals surface area contributed by atoms with E-state index >= 15 is 0 Å². The predicted molar refractivity (Wildman–Crippen MR) is 364 cm³/mol. The molecule has 2 aliphatic heterocycles. The van der Waals surface area contributed by atoms with Gasteiger partial charge in [0.2, 0.25) is 0 Å². The van der Waals surface area contributed by atoms with Crippen LogP contribution in [0.3, 0.4) is 0 Å². The Hall–Kier alpha value is -6.65. The van der Waals surface area contributed by atoms with E-state index < -0.39 is 0 Å². The van der Waals surface area contributed by atoms with Crippen LogP contribution in [0.15, 0.2) is 146 Å². The lowest BCUT2D eigenvalue weighted by molar-refractivity contribution is 0.568.